The number of ketones is 1. The molecule has 0 heterocycles. The molecule has 50 valence electrons. The standard InChI is InChI=1S/C6H8ClNO/c1-4(2)6(7)5(9)3-8/h4,6H,1-2H3. The molecule has 2 nitrogen and oxygen atoms in total. The van der Waals surface area contributed by atoms with Crippen molar-refractivity contribution in [1.29, 1.82) is 5.26 Å². The average Bonchev–Trinajstić information content (AvgIpc) is 1.84. The number of alkyl halides is 1. The van der Waals surface area contributed by atoms with Gasteiger partial charge < -0.3 is 0 Å². The fourth-order valence-corrected chi connectivity index (χ4v) is 0.413. The van der Waals surface area contributed by atoms with E-state index in [-0.39, 0.29) is 5.92 Å². The van der Waals surface area contributed by atoms with Crippen molar-refractivity contribution in [3.63, 3.8) is 0 Å². The zero-order valence-corrected chi connectivity index (χ0v) is 6.14. The van der Waals surface area contributed by atoms with Crippen LogP contribution in [0.15, 0.2) is 0 Å². The van der Waals surface area contributed by atoms with E-state index in [0.29, 0.717) is 0 Å². The van der Waals surface area contributed by atoms with Crippen LogP contribution in [-0.2, 0) is 4.79 Å². The normalized spacial score (nSPS) is 12.8. The number of hydrogen-bond donors (Lipinski definition) is 0. The summed E-state index contributed by atoms with van der Waals surface area (Å²) in [6.45, 7) is 3.60. The summed E-state index contributed by atoms with van der Waals surface area (Å²) in [5.74, 6) is -0.509. The predicted molar refractivity (Wildman–Crippen MR) is 35.1 cm³/mol. The van der Waals surface area contributed by atoms with E-state index in [1.54, 1.807) is 13.8 Å². The molecule has 0 saturated heterocycles. The van der Waals surface area contributed by atoms with Gasteiger partial charge in [-0.3, -0.25) is 4.79 Å². The number of halogens is 1. The van der Waals surface area contributed by atoms with Crippen molar-refractivity contribution >= 4 is 17.4 Å². The van der Waals surface area contributed by atoms with Crippen LogP contribution in [0.3, 0.4) is 0 Å². The van der Waals surface area contributed by atoms with E-state index in [0.717, 1.165) is 0 Å². The fraction of sp³-hybridized carbons (Fsp3) is 0.667. The van der Waals surface area contributed by atoms with E-state index in [2.05, 4.69) is 0 Å². The molecule has 0 aliphatic rings. The van der Waals surface area contributed by atoms with Crippen LogP contribution in [0.1, 0.15) is 13.8 Å². The highest BCUT2D eigenvalue weighted by atomic mass is 35.5. The van der Waals surface area contributed by atoms with E-state index < -0.39 is 11.2 Å². The lowest BCUT2D eigenvalue weighted by molar-refractivity contribution is -0.114. The van der Waals surface area contributed by atoms with Crippen LogP contribution in [0.4, 0.5) is 0 Å². The van der Waals surface area contributed by atoms with E-state index >= 15 is 0 Å². The first-order chi connectivity index (χ1) is 4.09. The van der Waals surface area contributed by atoms with Gasteiger partial charge in [0.05, 0.1) is 0 Å². The molecule has 0 fully saturated rings. The first kappa shape index (κ1) is 8.45. The highest BCUT2D eigenvalue weighted by molar-refractivity contribution is 6.33. The third-order valence-electron chi connectivity index (χ3n) is 0.946. The predicted octanol–water partition coefficient (Wildman–Crippen LogP) is 1.34. The van der Waals surface area contributed by atoms with Crippen molar-refractivity contribution in [2.24, 2.45) is 5.92 Å². The van der Waals surface area contributed by atoms with E-state index in [1.165, 1.54) is 6.07 Å². The molecule has 0 amide bonds. The molecule has 0 spiro atoms. The minimum atomic E-state index is -0.644. The number of rotatable bonds is 2. The maximum atomic E-state index is 10.5. The van der Waals surface area contributed by atoms with Crippen LogP contribution in [0, 0.1) is 17.2 Å². The molecule has 0 bridgehead atoms. The Bertz CT molecular complexity index is 148. The third-order valence-corrected chi connectivity index (χ3v) is 1.65. The molecule has 1 atom stereocenters. The van der Waals surface area contributed by atoms with E-state index in [9.17, 15) is 4.79 Å². The highest BCUT2D eigenvalue weighted by Crippen LogP contribution is 2.09. The second-order valence-electron chi connectivity index (χ2n) is 2.12. The van der Waals surface area contributed by atoms with Gasteiger partial charge in [-0.25, -0.2) is 0 Å². The lowest BCUT2D eigenvalue weighted by Gasteiger charge is -2.05. The van der Waals surface area contributed by atoms with Crippen molar-refractivity contribution in [2.75, 3.05) is 0 Å². The molecular formula is C6H8ClNO. The summed E-state index contributed by atoms with van der Waals surface area (Å²) >= 11 is 5.49. The first-order valence-corrected chi connectivity index (χ1v) is 3.11. The Morgan fingerprint density at radius 2 is 2.11 bits per heavy atom. The Morgan fingerprint density at radius 3 is 2.22 bits per heavy atom. The average molecular weight is 146 g/mol. The SMILES string of the molecule is CC(C)C(Cl)C(=O)C#N. The molecule has 0 saturated carbocycles. The Balaban J connectivity index is 3.92. The van der Waals surface area contributed by atoms with Gasteiger partial charge in [-0.2, -0.15) is 5.26 Å². The van der Waals surface area contributed by atoms with Crippen LogP contribution < -0.4 is 0 Å². The number of hydrogen-bond acceptors (Lipinski definition) is 2. The Kier molecular flexibility index (Phi) is 3.26. The summed E-state index contributed by atoms with van der Waals surface area (Å²) in [7, 11) is 0. The van der Waals surface area contributed by atoms with Crippen molar-refractivity contribution in [2.45, 2.75) is 19.2 Å². The monoisotopic (exact) mass is 145 g/mol. The van der Waals surface area contributed by atoms with Crippen molar-refractivity contribution < 1.29 is 4.79 Å². The highest BCUT2D eigenvalue weighted by Gasteiger charge is 2.17. The number of nitriles is 1. The Labute approximate surface area is 59.4 Å². The minimum absolute atomic E-state index is 0.0406. The van der Waals surface area contributed by atoms with Crippen molar-refractivity contribution in [3.8, 4) is 6.07 Å². The molecular weight excluding hydrogens is 138 g/mol. The number of nitrogens with zero attached hydrogens (tertiary/aromatic N) is 1. The van der Waals surface area contributed by atoms with Crippen LogP contribution in [0.5, 0.6) is 0 Å². The molecule has 0 aliphatic heterocycles. The van der Waals surface area contributed by atoms with Gasteiger partial charge in [-0.1, -0.05) is 13.8 Å². The van der Waals surface area contributed by atoms with E-state index in [4.69, 9.17) is 16.9 Å². The maximum Gasteiger partial charge on any atom is 0.249 e. The quantitative estimate of drug-likeness (QED) is 0.435. The first-order valence-electron chi connectivity index (χ1n) is 2.67. The Hall–Kier alpha value is -0.550. The molecule has 0 aliphatic carbocycles. The summed E-state index contributed by atoms with van der Waals surface area (Å²) in [6, 6.07) is 1.48. The van der Waals surface area contributed by atoms with Crippen LogP contribution in [0.25, 0.3) is 0 Å². The van der Waals surface area contributed by atoms with Gasteiger partial charge in [0, 0.05) is 0 Å². The molecule has 0 radical (unpaired) electrons. The zero-order chi connectivity index (χ0) is 7.44. The molecule has 0 aromatic rings. The topological polar surface area (TPSA) is 40.9 Å². The minimum Gasteiger partial charge on any atom is -0.281 e. The molecule has 3 heteroatoms. The van der Waals surface area contributed by atoms with Crippen molar-refractivity contribution in [1.82, 2.24) is 0 Å². The fourth-order valence-electron chi connectivity index (χ4n) is 0.364. The van der Waals surface area contributed by atoms with Gasteiger partial charge in [-0.15, -0.1) is 11.6 Å². The lowest BCUT2D eigenvalue weighted by atomic mass is 10.1. The van der Waals surface area contributed by atoms with Gasteiger partial charge in [0.2, 0.25) is 5.78 Å². The summed E-state index contributed by atoms with van der Waals surface area (Å²) in [6.07, 6.45) is 0. The second-order valence-corrected chi connectivity index (χ2v) is 2.59. The number of Topliss-reactive ketones (excluding diaryl/α,β-unsaturated/α-hetero) is 1. The summed E-state index contributed by atoms with van der Waals surface area (Å²) < 4.78 is 0. The molecule has 0 aromatic heterocycles. The molecule has 0 aromatic carbocycles. The van der Waals surface area contributed by atoms with E-state index in [1.807, 2.05) is 0 Å². The summed E-state index contributed by atoms with van der Waals surface area (Å²) in [4.78, 5) is 10.5. The zero-order valence-electron chi connectivity index (χ0n) is 5.39. The summed E-state index contributed by atoms with van der Waals surface area (Å²) in [5.41, 5.74) is 0. The van der Waals surface area contributed by atoms with Gasteiger partial charge in [0.15, 0.2) is 0 Å². The molecule has 9 heavy (non-hydrogen) atoms. The van der Waals surface area contributed by atoms with Crippen LogP contribution in [-0.4, -0.2) is 11.2 Å². The summed E-state index contributed by atoms with van der Waals surface area (Å²) in [5, 5.41) is 7.43. The van der Waals surface area contributed by atoms with Gasteiger partial charge >= 0.3 is 0 Å². The van der Waals surface area contributed by atoms with Gasteiger partial charge in [-0.05, 0) is 5.92 Å². The number of carbonyl (C=O) groups is 1. The van der Waals surface area contributed by atoms with Gasteiger partial charge in [0.1, 0.15) is 11.4 Å². The molecule has 0 rings (SSSR count). The second kappa shape index (κ2) is 3.47. The maximum absolute atomic E-state index is 10.5. The Morgan fingerprint density at radius 1 is 1.67 bits per heavy atom. The van der Waals surface area contributed by atoms with Crippen LogP contribution in [0.2, 0.25) is 0 Å². The molecule has 1 unspecified atom stereocenters. The smallest absolute Gasteiger partial charge is 0.249 e. The number of carbonyl (C=O) groups excluding carboxylic acids is 1. The van der Waals surface area contributed by atoms with Crippen molar-refractivity contribution in [3.05, 3.63) is 0 Å². The van der Waals surface area contributed by atoms with Gasteiger partial charge in [0.25, 0.3) is 0 Å². The lowest BCUT2D eigenvalue weighted by Crippen LogP contribution is -2.18. The largest absolute Gasteiger partial charge is 0.281 e. The van der Waals surface area contributed by atoms with Crippen LogP contribution >= 0.6 is 11.6 Å². The third kappa shape index (κ3) is 2.48. The molecule has 0 N–H and O–H groups in total.